The van der Waals surface area contributed by atoms with Gasteiger partial charge in [-0.25, -0.2) is 0 Å². The lowest BCUT2D eigenvalue weighted by Crippen LogP contribution is -2.14. The Balaban J connectivity index is 3.73. The van der Waals surface area contributed by atoms with Crippen molar-refractivity contribution in [2.75, 3.05) is 6.61 Å². The van der Waals surface area contributed by atoms with E-state index in [1.807, 2.05) is 0 Å². The fraction of sp³-hybridized carbons (Fsp3) is 1.00. The highest BCUT2D eigenvalue weighted by Crippen LogP contribution is 2.23. The van der Waals surface area contributed by atoms with E-state index >= 15 is 0 Å². The molecule has 2 nitrogen and oxygen atoms in total. The first-order chi connectivity index (χ1) is 12.7. The summed E-state index contributed by atoms with van der Waals surface area (Å²) in [5, 5.41) is 19.5. The molecule has 0 aromatic heterocycles. The lowest BCUT2D eigenvalue weighted by Gasteiger charge is -2.20. The summed E-state index contributed by atoms with van der Waals surface area (Å²) in [4.78, 5) is 0. The Bertz CT molecular complexity index is 255. The summed E-state index contributed by atoms with van der Waals surface area (Å²) in [5.74, 6) is 0.609. The standard InChI is InChI=1S/C24H50O2/c1-3-5-7-9-11-12-14-16-20-24(26)22-23(19-17-21-25)18-15-13-10-8-6-4-2/h23-26H,3-22H2,1-2H3. The van der Waals surface area contributed by atoms with Crippen LogP contribution in [0.5, 0.6) is 0 Å². The molecule has 0 aliphatic carbocycles. The average Bonchev–Trinajstić information content (AvgIpc) is 2.64. The highest BCUT2D eigenvalue weighted by Gasteiger charge is 2.14. The van der Waals surface area contributed by atoms with Gasteiger partial charge in [0.05, 0.1) is 6.10 Å². The third-order valence-corrected chi connectivity index (χ3v) is 5.73. The van der Waals surface area contributed by atoms with Crippen LogP contribution in [0.4, 0.5) is 0 Å². The maximum atomic E-state index is 10.4. The molecule has 0 fully saturated rings. The largest absolute Gasteiger partial charge is 0.396 e. The Hall–Kier alpha value is -0.0800. The average molecular weight is 371 g/mol. The second kappa shape index (κ2) is 21.2. The van der Waals surface area contributed by atoms with Crippen LogP contribution in [0.15, 0.2) is 0 Å². The third kappa shape index (κ3) is 18.7. The fourth-order valence-electron chi connectivity index (χ4n) is 3.99. The smallest absolute Gasteiger partial charge is 0.0542 e. The maximum absolute atomic E-state index is 10.4. The molecule has 0 aromatic carbocycles. The van der Waals surface area contributed by atoms with Crippen molar-refractivity contribution in [1.29, 1.82) is 0 Å². The molecule has 158 valence electrons. The molecule has 0 amide bonds. The van der Waals surface area contributed by atoms with Crippen LogP contribution in [0.25, 0.3) is 0 Å². The predicted molar refractivity (Wildman–Crippen MR) is 116 cm³/mol. The lowest BCUT2D eigenvalue weighted by atomic mass is 9.89. The van der Waals surface area contributed by atoms with Gasteiger partial charge in [0, 0.05) is 6.61 Å². The van der Waals surface area contributed by atoms with Gasteiger partial charge in [0.1, 0.15) is 0 Å². The van der Waals surface area contributed by atoms with Crippen LogP contribution < -0.4 is 0 Å². The first-order valence-electron chi connectivity index (χ1n) is 12.0. The van der Waals surface area contributed by atoms with Crippen molar-refractivity contribution in [2.45, 2.75) is 142 Å². The number of rotatable bonds is 21. The lowest BCUT2D eigenvalue weighted by molar-refractivity contribution is 0.121. The summed E-state index contributed by atoms with van der Waals surface area (Å²) in [5.41, 5.74) is 0. The summed E-state index contributed by atoms with van der Waals surface area (Å²) in [7, 11) is 0. The van der Waals surface area contributed by atoms with Gasteiger partial charge in [-0.1, -0.05) is 110 Å². The zero-order valence-electron chi connectivity index (χ0n) is 18.2. The van der Waals surface area contributed by atoms with Crippen LogP contribution in [-0.4, -0.2) is 22.9 Å². The van der Waals surface area contributed by atoms with Crippen molar-refractivity contribution < 1.29 is 10.2 Å². The first kappa shape index (κ1) is 25.9. The molecule has 0 bridgehead atoms. The normalized spacial score (nSPS) is 13.8. The van der Waals surface area contributed by atoms with Crippen LogP contribution >= 0.6 is 0 Å². The molecular weight excluding hydrogens is 320 g/mol. The van der Waals surface area contributed by atoms with Gasteiger partial charge < -0.3 is 10.2 Å². The zero-order valence-corrected chi connectivity index (χ0v) is 18.2. The van der Waals surface area contributed by atoms with Gasteiger partial charge in [-0.2, -0.15) is 0 Å². The Morgan fingerprint density at radius 1 is 0.538 bits per heavy atom. The molecule has 26 heavy (non-hydrogen) atoms. The van der Waals surface area contributed by atoms with Crippen molar-refractivity contribution in [2.24, 2.45) is 5.92 Å². The molecular formula is C24H50O2. The first-order valence-corrected chi connectivity index (χ1v) is 12.0. The molecule has 0 heterocycles. The highest BCUT2D eigenvalue weighted by molar-refractivity contribution is 4.67. The summed E-state index contributed by atoms with van der Waals surface area (Å²) in [6, 6.07) is 0. The van der Waals surface area contributed by atoms with Gasteiger partial charge in [0.15, 0.2) is 0 Å². The van der Waals surface area contributed by atoms with Crippen LogP contribution in [-0.2, 0) is 0 Å². The minimum Gasteiger partial charge on any atom is -0.396 e. The monoisotopic (exact) mass is 370 g/mol. The fourth-order valence-corrected chi connectivity index (χ4v) is 3.99. The Labute approximate surface area is 165 Å². The molecule has 2 atom stereocenters. The number of unbranched alkanes of at least 4 members (excludes halogenated alkanes) is 12. The van der Waals surface area contributed by atoms with Gasteiger partial charge in [-0.05, 0) is 31.6 Å². The van der Waals surface area contributed by atoms with Gasteiger partial charge in [-0.15, -0.1) is 0 Å². The predicted octanol–water partition coefficient (Wildman–Crippen LogP) is 7.41. The van der Waals surface area contributed by atoms with E-state index in [0.29, 0.717) is 12.5 Å². The summed E-state index contributed by atoms with van der Waals surface area (Å²) >= 11 is 0. The van der Waals surface area contributed by atoms with E-state index in [-0.39, 0.29) is 6.10 Å². The van der Waals surface area contributed by atoms with Gasteiger partial charge in [-0.3, -0.25) is 0 Å². The molecule has 0 radical (unpaired) electrons. The van der Waals surface area contributed by atoms with E-state index in [9.17, 15) is 5.11 Å². The molecule has 0 aliphatic heterocycles. The zero-order chi connectivity index (χ0) is 19.3. The molecule has 0 aromatic rings. The topological polar surface area (TPSA) is 40.5 Å². The van der Waals surface area contributed by atoms with Gasteiger partial charge in [0.2, 0.25) is 0 Å². The van der Waals surface area contributed by atoms with E-state index in [1.165, 1.54) is 96.3 Å². The van der Waals surface area contributed by atoms with E-state index in [1.54, 1.807) is 0 Å². The molecule has 0 aliphatic rings. The van der Waals surface area contributed by atoms with Gasteiger partial charge in [0.25, 0.3) is 0 Å². The third-order valence-electron chi connectivity index (χ3n) is 5.73. The van der Waals surface area contributed by atoms with E-state index in [4.69, 9.17) is 5.11 Å². The van der Waals surface area contributed by atoms with Crippen LogP contribution in [0.1, 0.15) is 136 Å². The number of hydrogen-bond acceptors (Lipinski definition) is 2. The second-order valence-corrected chi connectivity index (χ2v) is 8.44. The van der Waals surface area contributed by atoms with Crippen molar-refractivity contribution in [3.05, 3.63) is 0 Å². The molecule has 0 rings (SSSR count). The van der Waals surface area contributed by atoms with Gasteiger partial charge >= 0.3 is 0 Å². The Morgan fingerprint density at radius 2 is 0.962 bits per heavy atom. The van der Waals surface area contributed by atoms with E-state index in [2.05, 4.69) is 13.8 Å². The molecule has 0 spiro atoms. The SMILES string of the molecule is CCCCCCCCCCC(O)CC(CCCO)CCCCCCCC. The van der Waals surface area contributed by atoms with Crippen LogP contribution in [0.3, 0.4) is 0 Å². The summed E-state index contributed by atoms with van der Waals surface area (Å²) in [6.45, 7) is 4.82. The molecule has 0 saturated carbocycles. The second-order valence-electron chi connectivity index (χ2n) is 8.44. The molecule has 0 saturated heterocycles. The van der Waals surface area contributed by atoms with E-state index in [0.717, 1.165) is 25.7 Å². The van der Waals surface area contributed by atoms with E-state index < -0.39 is 0 Å². The van der Waals surface area contributed by atoms with Crippen molar-refractivity contribution >= 4 is 0 Å². The summed E-state index contributed by atoms with van der Waals surface area (Å²) in [6.07, 6.45) is 23.7. The molecule has 2 N–H and O–H groups in total. The van der Waals surface area contributed by atoms with Crippen molar-refractivity contribution in [3.8, 4) is 0 Å². The minimum atomic E-state index is -0.126. The quantitative estimate of drug-likeness (QED) is 0.206. The Kier molecular flexibility index (Phi) is 21.2. The minimum absolute atomic E-state index is 0.126. The molecule has 2 unspecified atom stereocenters. The van der Waals surface area contributed by atoms with Crippen molar-refractivity contribution in [1.82, 2.24) is 0 Å². The maximum Gasteiger partial charge on any atom is 0.0542 e. The number of aliphatic hydroxyl groups is 2. The molecule has 2 heteroatoms. The van der Waals surface area contributed by atoms with Crippen LogP contribution in [0.2, 0.25) is 0 Å². The number of aliphatic hydroxyl groups excluding tert-OH is 2. The summed E-state index contributed by atoms with van der Waals surface area (Å²) < 4.78 is 0. The van der Waals surface area contributed by atoms with Crippen molar-refractivity contribution in [3.63, 3.8) is 0 Å². The number of hydrogen-bond donors (Lipinski definition) is 2. The Morgan fingerprint density at radius 3 is 1.46 bits per heavy atom. The van der Waals surface area contributed by atoms with Crippen LogP contribution in [0, 0.1) is 5.92 Å². The highest BCUT2D eigenvalue weighted by atomic mass is 16.3.